The lowest BCUT2D eigenvalue weighted by Crippen LogP contribution is -2.54. The van der Waals surface area contributed by atoms with Crippen LogP contribution in [0.5, 0.6) is 0 Å². The molecule has 0 aromatic carbocycles. The molecular weight excluding hydrogens is 124 g/mol. The third-order valence-electron chi connectivity index (χ3n) is 2.73. The number of nitrogens with one attached hydrogen (secondary N) is 1. The zero-order valence-corrected chi connectivity index (χ0v) is 6.48. The molecule has 0 saturated carbocycles. The summed E-state index contributed by atoms with van der Waals surface area (Å²) < 4.78 is 0. The van der Waals surface area contributed by atoms with E-state index in [0.29, 0.717) is 5.41 Å². The van der Waals surface area contributed by atoms with Crippen molar-refractivity contribution in [3.8, 4) is 0 Å². The van der Waals surface area contributed by atoms with Gasteiger partial charge in [0.15, 0.2) is 0 Å². The van der Waals surface area contributed by atoms with E-state index in [0.717, 1.165) is 6.54 Å². The van der Waals surface area contributed by atoms with E-state index in [1.807, 2.05) is 0 Å². The molecule has 2 heterocycles. The van der Waals surface area contributed by atoms with E-state index >= 15 is 0 Å². The van der Waals surface area contributed by atoms with Crippen molar-refractivity contribution in [1.82, 2.24) is 10.2 Å². The van der Waals surface area contributed by atoms with Crippen LogP contribution in [0.4, 0.5) is 0 Å². The molecule has 0 atom stereocenters. The van der Waals surface area contributed by atoms with Gasteiger partial charge in [-0.2, -0.15) is 0 Å². The third kappa shape index (κ3) is 0.626. The Labute approximate surface area is 61.9 Å². The van der Waals surface area contributed by atoms with Crippen LogP contribution < -0.4 is 5.32 Å². The van der Waals surface area contributed by atoms with Gasteiger partial charge in [0, 0.05) is 30.7 Å². The molecule has 56 valence electrons. The fourth-order valence-electron chi connectivity index (χ4n) is 2.13. The monoisotopic (exact) mass is 138 g/mol. The van der Waals surface area contributed by atoms with Gasteiger partial charge in [0.2, 0.25) is 0 Å². The van der Waals surface area contributed by atoms with Gasteiger partial charge in [0.05, 0.1) is 0 Å². The highest BCUT2D eigenvalue weighted by Crippen LogP contribution is 2.41. The zero-order valence-electron chi connectivity index (χ0n) is 6.48. The number of hydrogen-bond acceptors (Lipinski definition) is 2. The van der Waals surface area contributed by atoms with Crippen molar-refractivity contribution in [2.24, 2.45) is 5.41 Å². The van der Waals surface area contributed by atoms with E-state index in [1.165, 1.54) is 25.2 Å². The quantitative estimate of drug-likeness (QED) is 0.522. The second-order valence-electron chi connectivity index (χ2n) is 3.61. The van der Waals surface area contributed by atoms with E-state index in [-0.39, 0.29) is 0 Å². The van der Waals surface area contributed by atoms with Gasteiger partial charge in [0.1, 0.15) is 0 Å². The highest BCUT2D eigenvalue weighted by Gasteiger charge is 2.45. The molecule has 0 unspecified atom stereocenters. The Morgan fingerprint density at radius 3 is 2.70 bits per heavy atom. The van der Waals surface area contributed by atoms with Crippen molar-refractivity contribution in [3.63, 3.8) is 0 Å². The minimum absolute atomic E-state index is 0.467. The van der Waals surface area contributed by atoms with E-state index in [9.17, 15) is 0 Å². The summed E-state index contributed by atoms with van der Waals surface area (Å²) in [4.78, 5) is 2.35. The molecule has 1 N–H and O–H groups in total. The minimum atomic E-state index is 0.467. The van der Waals surface area contributed by atoms with E-state index < -0.39 is 0 Å². The first kappa shape index (κ1) is 6.23. The third-order valence-corrected chi connectivity index (χ3v) is 2.73. The van der Waals surface area contributed by atoms with Gasteiger partial charge in [0.25, 0.3) is 0 Å². The molecule has 0 aromatic heterocycles. The molecule has 0 aromatic rings. The summed E-state index contributed by atoms with van der Waals surface area (Å²) in [7, 11) is 2.16. The number of hydrogen-bond donors (Lipinski definition) is 1. The standard InChI is InChI=1S/C8H14N2/c1-7-8(3-4-9-7)5-10(2)6-8/h9H,1,3-6H2,2H3. The van der Waals surface area contributed by atoms with Crippen LogP contribution in [-0.2, 0) is 0 Å². The topological polar surface area (TPSA) is 15.3 Å². The number of nitrogens with zero attached hydrogens (tertiary/aromatic N) is 1. The summed E-state index contributed by atoms with van der Waals surface area (Å²) in [6.07, 6.45) is 1.29. The van der Waals surface area contributed by atoms with Crippen molar-refractivity contribution < 1.29 is 0 Å². The van der Waals surface area contributed by atoms with Crippen LogP contribution >= 0.6 is 0 Å². The summed E-state index contributed by atoms with van der Waals surface area (Å²) in [6.45, 7) is 7.57. The van der Waals surface area contributed by atoms with Gasteiger partial charge in [-0.3, -0.25) is 0 Å². The van der Waals surface area contributed by atoms with Crippen LogP contribution in [0.15, 0.2) is 12.3 Å². The maximum absolute atomic E-state index is 4.03. The van der Waals surface area contributed by atoms with Crippen molar-refractivity contribution in [1.29, 1.82) is 0 Å². The van der Waals surface area contributed by atoms with Crippen molar-refractivity contribution in [2.75, 3.05) is 26.7 Å². The van der Waals surface area contributed by atoms with E-state index in [2.05, 4.69) is 23.8 Å². The van der Waals surface area contributed by atoms with E-state index in [4.69, 9.17) is 0 Å². The Hall–Kier alpha value is -0.500. The number of likely N-dealkylation sites (tertiary alicyclic amines) is 1. The molecule has 2 heteroatoms. The van der Waals surface area contributed by atoms with Gasteiger partial charge < -0.3 is 10.2 Å². The largest absolute Gasteiger partial charge is 0.388 e. The predicted molar refractivity (Wildman–Crippen MR) is 41.7 cm³/mol. The fraction of sp³-hybridized carbons (Fsp3) is 0.750. The Bertz CT molecular complexity index is 168. The zero-order chi connectivity index (χ0) is 7.19. The van der Waals surface area contributed by atoms with Gasteiger partial charge in [-0.1, -0.05) is 6.58 Å². The van der Waals surface area contributed by atoms with Crippen molar-refractivity contribution >= 4 is 0 Å². The first-order valence-electron chi connectivity index (χ1n) is 3.85. The Morgan fingerprint density at radius 1 is 1.60 bits per heavy atom. The average Bonchev–Trinajstić information content (AvgIpc) is 2.12. The number of rotatable bonds is 0. The summed E-state index contributed by atoms with van der Waals surface area (Å²) in [5, 5.41) is 3.31. The molecule has 0 radical (unpaired) electrons. The van der Waals surface area contributed by atoms with E-state index in [1.54, 1.807) is 0 Å². The fourth-order valence-corrected chi connectivity index (χ4v) is 2.13. The molecule has 2 fully saturated rings. The van der Waals surface area contributed by atoms with Crippen LogP contribution in [-0.4, -0.2) is 31.6 Å². The summed E-state index contributed by atoms with van der Waals surface area (Å²) in [5.74, 6) is 0. The van der Waals surface area contributed by atoms with Gasteiger partial charge >= 0.3 is 0 Å². The van der Waals surface area contributed by atoms with Crippen LogP contribution in [0.3, 0.4) is 0 Å². The smallest absolute Gasteiger partial charge is 0.0365 e. The summed E-state index contributed by atoms with van der Waals surface area (Å²) in [5.41, 5.74) is 1.74. The SMILES string of the molecule is C=C1NCCC12CN(C)C2. The lowest BCUT2D eigenvalue weighted by atomic mass is 9.77. The van der Waals surface area contributed by atoms with Crippen LogP contribution in [0.25, 0.3) is 0 Å². The summed E-state index contributed by atoms with van der Waals surface area (Å²) in [6, 6.07) is 0. The Balaban J connectivity index is 2.10. The molecule has 0 bridgehead atoms. The molecule has 10 heavy (non-hydrogen) atoms. The Morgan fingerprint density at radius 2 is 2.30 bits per heavy atom. The highest BCUT2D eigenvalue weighted by atomic mass is 15.2. The van der Waals surface area contributed by atoms with Crippen molar-refractivity contribution in [2.45, 2.75) is 6.42 Å². The van der Waals surface area contributed by atoms with Gasteiger partial charge in [-0.25, -0.2) is 0 Å². The lowest BCUT2D eigenvalue weighted by Gasteiger charge is -2.46. The lowest BCUT2D eigenvalue weighted by molar-refractivity contribution is 0.0626. The first-order valence-corrected chi connectivity index (χ1v) is 3.85. The molecule has 2 nitrogen and oxygen atoms in total. The normalized spacial score (nSPS) is 30.3. The first-order chi connectivity index (χ1) is 4.73. The summed E-state index contributed by atoms with van der Waals surface area (Å²) >= 11 is 0. The van der Waals surface area contributed by atoms with Crippen LogP contribution in [0, 0.1) is 5.41 Å². The molecular formula is C8H14N2. The molecule has 2 aliphatic heterocycles. The van der Waals surface area contributed by atoms with Gasteiger partial charge in [-0.05, 0) is 13.5 Å². The molecule has 0 aliphatic carbocycles. The van der Waals surface area contributed by atoms with Crippen LogP contribution in [0.2, 0.25) is 0 Å². The molecule has 0 amide bonds. The molecule has 2 saturated heterocycles. The molecule has 2 aliphatic rings. The maximum Gasteiger partial charge on any atom is 0.0365 e. The van der Waals surface area contributed by atoms with Crippen molar-refractivity contribution in [3.05, 3.63) is 12.3 Å². The second kappa shape index (κ2) is 1.76. The van der Waals surface area contributed by atoms with Gasteiger partial charge in [-0.15, -0.1) is 0 Å². The molecule has 1 spiro atoms. The average molecular weight is 138 g/mol. The minimum Gasteiger partial charge on any atom is -0.388 e. The molecule has 2 rings (SSSR count). The maximum atomic E-state index is 4.03. The Kier molecular flexibility index (Phi) is 1.09. The second-order valence-corrected chi connectivity index (χ2v) is 3.61. The van der Waals surface area contributed by atoms with Crippen LogP contribution in [0.1, 0.15) is 6.42 Å². The predicted octanol–water partition coefficient (Wildman–Crippen LogP) is 0.425. The highest BCUT2D eigenvalue weighted by molar-refractivity contribution is 5.19.